The van der Waals surface area contributed by atoms with Crippen LogP contribution >= 0.6 is 0 Å². The first kappa shape index (κ1) is 19.1. The van der Waals surface area contributed by atoms with E-state index in [9.17, 15) is 19.7 Å². The van der Waals surface area contributed by atoms with E-state index in [0.717, 1.165) is 30.7 Å². The monoisotopic (exact) mass is 395 g/mol. The van der Waals surface area contributed by atoms with Gasteiger partial charge in [0.1, 0.15) is 5.75 Å². The van der Waals surface area contributed by atoms with Crippen molar-refractivity contribution in [3.8, 4) is 5.75 Å². The van der Waals surface area contributed by atoms with Crippen LogP contribution in [0.1, 0.15) is 52.1 Å². The van der Waals surface area contributed by atoms with Crippen LogP contribution in [-0.4, -0.2) is 46.4 Å². The molecule has 29 heavy (non-hydrogen) atoms. The van der Waals surface area contributed by atoms with Gasteiger partial charge in [-0.15, -0.1) is 0 Å². The summed E-state index contributed by atoms with van der Waals surface area (Å²) in [7, 11) is 0. The van der Waals surface area contributed by atoms with Crippen LogP contribution < -0.4 is 4.74 Å². The smallest absolute Gasteiger partial charge is 0.270 e. The van der Waals surface area contributed by atoms with E-state index >= 15 is 0 Å². The van der Waals surface area contributed by atoms with Crippen LogP contribution in [0.4, 0.5) is 5.69 Å². The summed E-state index contributed by atoms with van der Waals surface area (Å²) in [6.07, 6.45) is 1.90. The van der Waals surface area contributed by atoms with Crippen molar-refractivity contribution in [1.82, 2.24) is 9.80 Å². The number of rotatable bonds is 6. The second kappa shape index (κ2) is 7.63. The van der Waals surface area contributed by atoms with Gasteiger partial charge in [0.2, 0.25) is 0 Å². The van der Waals surface area contributed by atoms with Gasteiger partial charge in [0.25, 0.3) is 17.5 Å². The quantitative estimate of drug-likeness (QED) is 0.423. The van der Waals surface area contributed by atoms with E-state index in [1.54, 1.807) is 0 Å². The van der Waals surface area contributed by atoms with Gasteiger partial charge in [-0.3, -0.25) is 29.5 Å². The standard InChI is InChI=1S/C21H21N3O5/c1-2-29-16-8-5-14(6-9-16)19-4-3-11-22(19)13-23-20(25)17-10-7-15(24(27)28)12-18(17)21(23)26/h5-10,12,19H,2-4,11,13H2,1H3/t19-/m0/s1. The topological polar surface area (TPSA) is 93.0 Å². The number of likely N-dealkylation sites (tertiary alicyclic amines) is 1. The van der Waals surface area contributed by atoms with E-state index in [-0.39, 0.29) is 29.5 Å². The van der Waals surface area contributed by atoms with Crippen LogP contribution in [0.2, 0.25) is 0 Å². The first-order valence-electron chi connectivity index (χ1n) is 9.61. The fraction of sp³-hybridized carbons (Fsp3) is 0.333. The molecule has 2 aromatic carbocycles. The Morgan fingerprint density at radius 3 is 2.52 bits per heavy atom. The Morgan fingerprint density at radius 1 is 1.10 bits per heavy atom. The molecule has 1 fully saturated rings. The number of hydrogen-bond donors (Lipinski definition) is 0. The molecule has 0 N–H and O–H groups in total. The third kappa shape index (κ3) is 3.47. The number of carbonyl (C=O) groups is 2. The Morgan fingerprint density at radius 2 is 1.83 bits per heavy atom. The first-order valence-corrected chi connectivity index (χ1v) is 9.61. The van der Waals surface area contributed by atoms with Crippen molar-refractivity contribution in [1.29, 1.82) is 0 Å². The number of benzene rings is 2. The number of amides is 2. The number of non-ortho nitro benzene ring substituents is 1. The molecule has 0 bridgehead atoms. The van der Waals surface area contributed by atoms with Gasteiger partial charge in [-0.25, -0.2) is 0 Å². The minimum atomic E-state index is -0.566. The summed E-state index contributed by atoms with van der Waals surface area (Å²) in [6, 6.07) is 11.8. The molecule has 2 amide bonds. The van der Waals surface area contributed by atoms with E-state index in [1.807, 2.05) is 31.2 Å². The lowest BCUT2D eigenvalue weighted by Crippen LogP contribution is -2.40. The van der Waals surface area contributed by atoms with Gasteiger partial charge in [-0.1, -0.05) is 12.1 Å². The van der Waals surface area contributed by atoms with E-state index < -0.39 is 16.7 Å². The second-order valence-corrected chi connectivity index (χ2v) is 7.14. The lowest BCUT2D eigenvalue weighted by atomic mass is 10.0. The van der Waals surface area contributed by atoms with Crippen LogP contribution in [0.5, 0.6) is 5.75 Å². The lowest BCUT2D eigenvalue weighted by molar-refractivity contribution is -0.384. The summed E-state index contributed by atoms with van der Waals surface area (Å²) in [5.74, 6) is -0.0778. The van der Waals surface area contributed by atoms with E-state index in [2.05, 4.69) is 4.90 Å². The molecule has 0 aromatic heterocycles. The molecule has 2 aliphatic rings. The van der Waals surface area contributed by atoms with Gasteiger partial charge in [-0.05, 0) is 43.5 Å². The Bertz CT molecular complexity index is 973. The summed E-state index contributed by atoms with van der Waals surface area (Å²) in [5, 5.41) is 11.0. The van der Waals surface area contributed by atoms with Gasteiger partial charge in [-0.2, -0.15) is 0 Å². The van der Waals surface area contributed by atoms with Crippen molar-refractivity contribution < 1.29 is 19.2 Å². The van der Waals surface area contributed by atoms with Crippen molar-refractivity contribution in [2.75, 3.05) is 19.8 Å². The van der Waals surface area contributed by atoms with Crippen LogP contribution in [-0.2, 0) is 0 Å². The highest BCUT2D eigenvalue weighted by Crippen LogP contribution is 2.34. The number of ether oxygens (including phenoxy) is 1. The zero-order valence-electron chi connectivity index (χ0n) is 16.0. The SMILES string of the molecule is CCOc1ccc([C@@H]2CCCN2CN2C(=O)c3ccc([N+](=O)[O-])cc3C2=O)cc1. The number of nitro benzene ring substituents is 1. The zero-order valence-corrected chi connectivity index (χ0v) is 16.0. The van der Waals surface area contributed by atoms with Crippen molar-refractivity contribution in [3.63, 3.8) is 0 Å². The van der Waals surface area contributed by atoms with E-state index in [0.29, 0.717) is 6.61 Å². The molecule has 0 aliphatic carbocycles. The maximum Gasteiger partial charge on any atom is 0.270 e. The molecular weight excluding hydrogens is 374 g/mol. The predicted molar refractivity (Wildman–Crippen MR) is 105 cm³/mol. The maximum atomic E-state index is 12.8. The zero-order chi connectivity index (χ0) is 20.5. The van der Waals surface area contributed by atoms with Crippen molar-refractivity contribution in [3.05, 3.63) is 69.3 Å². The fourth-order valence-electron chi connectivity index (χ4n) is 4.03. The second-order valence-electron chi connectivity index (χ2n) is 7.14. The van der Waals surface area contributed by atoms with Crippen molar-refractivity contribution in [2.24, 2.45) is 0 Å². The van der Waals surface area contributed by atoms with Gasteiger partial charge in [0, 0.05) is 24.7 Å². The van der Waals surface area contributed by atoms with Crippen LogP contribution in [0, 0.1) is 10.1 Å². The molecule has 2 heterocycles. The number of nitrogens with zero attached hydrogens (tertiary/aromatic N) is 3. The van der Waals surface area contributed by atoms with Crippen molar-refractivity contribution in [2.45, 2.75) is 25.8 Å². The number of imide groups is 1. The summed E-state index contributed by atoms with van der Waals surface area (Å²) < 4.78 is 5.49. The molecule has 8 nitrogen and oxygen atoms in total. The molecule has 1 saturated heterocycles. The van der Waals surface area contributed by atoms with Gasteiger partial charge in [0.15, 0.2) is 0 Å². The van der Waals surface area contributed by atoms with Gasteiger partial charge >= 0.3 is 0 Å². The molecule has 0 saturated carbocycles. The molecule has 2 aromatic rings. The maximum absolute atomic E-state index is 12.8. The summed E-state index contributed by atoms with van der Waals surface area (Å²) in [4.78, 5) is 39.2. The van der Waals surface area contributed by atoms with Crippen molar-refractivity contribution >= 4 is 17.5 Å². The summed E-state index contributed by atoms with van der Waals surface area (Å²) >= 11 is 0. The Hall–Kier alpha value is -3.26. The Balaban J connectivity index is 1.53. The Kier molecular flexibility index (Phi) is 5.02. The van der Waals surface area contributed by atoms with Crippen LogP contribution in [0.15, 0.2) is 42.5 Å². The largest absolute Gasteiger partial charge is 0.494 e. The molecule has 1 atom stereocenters. The van der Waals surface area contributed by atoms with Gasteiger partial charge < -0.3 is 4.74 Å². The summed E-state index contributed by atoms with van der Waals surface area (Å²) in [5.41, 5.74) is 1.23. The van der Waals surface area contributed by atoms with E-state index in [4.69, 9.17) is 4.74 Å². The first-order chi connectivity index (χ1) is 14.0. The minimum Gasteiger partial charge on any atom is -0.494 e. The molecule has 8 heteroatoms. The summed E-state index contributed by atoms with van der Waals surface area (Å²) in [6.45, 7) is 3.47. The van der Waals surface area contributed by atoms with E-state index in [1.165, 1.54) is 23.1 Å². The fourth-order valence-corrected chi connectivity index (χ4v) is 4.03. The third-order valence-electron chi connectivity index (χ3n) is 5.43. The lowest BCUT2D eigenvalue weighted by Gasteiger charge is -2.28. The molecule has 2 aliphatic heterocycles. The number of carbonyl (C=O) groups excluding carboxylic acids is 2. The number of fused-ring (bicyclic) bond motifs is 1. The van der Waals surface area contributed by atoms with Crippen LogP contribution in [0.25, 0.3) is 0 Å². The van der Waals surface area contributed by atoms with Crippen LogP contribution in [0.3, 0.4) is 0 Å². The molecule has 0 unspecified atom stereocenters. The number of hydrogen-bond acceptors (Lipinski definition) is 6. The molecule has 150 valence electrons. The third-order valence-corrected chi connectivity index (χ3v) is 5.43. The highest BCUT2D eigenvalue weighted by atomic mass is 16.6. The average Bonchev–Trinajstić information content (AvgIpc) is 3.27. The molecule has 0 spiro atoms. The molecular formula is C21H21N3O5. The van der Waals surface area contributed by atoms with Gasteiger partial charge in [0.05, 0.1) is 29.3 Å². The molecule has 4 rings (SSSR count). The molecule has 0 radical (unpaired) electrons. The highest BCUT2D eigenvalue weighted by Gasteiger charge is 2.39. The number of nitro groups is 1. The Labute approximate surface area is 167 Å². The normalized spacial score (nSPS) is 18.9. The average molecular weight is 395 g/mol. The minimum absolute atomic E-state index is 0.0982. The highest BCUT2D eigenvalue weighted by molar-refractivity contribution is 6.21. The predicted octanol–water partition coefficient (Wildman–Crippen LogP) is 3.38.